The molecule has 0 fully saturated rings. The minimum Gasteiger partial charge on any atom is -0.466 e. The molecule has 0 aromatic heterocycles. The maximum absolute atomic E-state index is 12.4. The lowest BCUT2D eigenvalue weighted by molar-refractivity contribution is -0.143. The highest BCUT2D eigenvalue weighted by atomic mass is 16.5. The number of amides is 1. The zero-order valence-electron chi connectivity index (χ0n) is 43.0. The zero-order chi connectivity index (χ0) is 46.5. The predicted molar refractivity (Wildman–Crippen MR) is 278 cm³/mol. The fourth-order valence-electron chi connectivity index (χ4n) is 8.79. The highest BCUT2D eigenvalue weighted by molar-refractivity contribution is 5.76. The van der Waals surface area contributed by atoms with E-state index in [4.69, 9.17) is 4.74 Å². The first-order valence-corrected chi connectivity index (χ1v) is 28.6. The lowest BCUT2D eigenvalue weighted by Gasteiger charge is -2.22. The van der Waals surface area contributed by atoms with Gasteiger partial charge >= 0.3 is 5.97 Å². The molecule has 0 rings (SSSR count). The molecule has 2 unspecified atom stereocenters. The van der Waals surface area contributed by atoms with Gasteiger partial charge in [-0.3, -0.25) is 9.59 Å². The van der Waals surface area contributed by atoms with E-state index in [0.29, 0.717) is 25.9 Å². The Kier molecular flexibility index (Phi) is 52.6. The van der Waals surface area contributed by atoms with Gasteiger partial charge in [-0.2, -0.15) is 0 Å². The molecule has 0 aliphatic carbocycles. The number of allylic oxidation sites excluding steroid dienone is 4. The molecule has 0 aromatic rings. The number of aliphatic hydroxyl groups is 2. The van der Waals surface area contributed by atoms with Gasteiger partial charge in [0.25, 0.3) is 0 Å². The Morgan fingerprint density at radius 3 is 1.16 bits per heavy atom. The molecule has 0 aromatic carbocycles. The molecule has 2 atom stereocenters. The van der Waals surface area contributed by atoms with Gasteiger partial charge in [-0.05, 0) is 70.6 Å². The molecule has 0 aliphatic heterocycles. The summed E-state index contributed by atoms with van der Waals surface area (Å²) in [5.41, 5.74) is 0. The lowest BCUT2D eigenvalue weighted by Crippen LogP contribution is -2.45. The molecule has 0 heterocycles. The van der Waals surface area contributed by atoms with Gasteiger partial charge in [-0.15, -0.1) is 0 Å². The van der Waals surface area contributed by atoms with Gasteiger partial charge in [0.2, 0.25) is 5.91 Å². The van der Waals surface area contributed by atoms with Crippen LogP contribution in [0.25, 0.3) is 0 Å². The Hall–Kier alpha value is -1.66. The number of carbonyl (C=O) groups excluding carboxylic acids is 2. The minimum atomic E-state index is -0.663. The maximum atomic E-state index is 12.4. The Morgan fingerprint density at radius 2 is 0.750 bits per heavy atom. The molecule has 0 saturated carbocycles. The first-order valence-electron chi connectivity index (χ1n) is 28.6. The second kappa shape index (κ2) is 54.0. The van der Waals surface area contributed by atoms with Crippen LogP contribution in [-0.4, -0.2) is 47.4 Å². The summed E-state index contributed by atoms with van der Waals surface area (Å²) < 4.78 is 5.45. The smallest absolute Gasteiger partial charge is 0.305 e. The molecular weight excluding hydrogens is 791 g/mol. The van der Waals surface area contributed by atoms with E-state index >= 15 is 0 Å². The van der Waals surface area contributed by atoms with Crippen molar-refractivity contribution in [1.29, 1.82) is 0 Å². The second-order valence-electron chi connectivity index (χ2n) is 19.6. The summed E-state index contributed by atoms with van der Waals surface area (Å²) >= 11 is 0. The molecule has 0 spiro atoms. The number of ether oxygens (including phenoxy) is 1. The average Bonchev–Trinajstić information content (AvgIpc) is 3.29. The van der Waals surface area contributed by atoms with E-state index in [1.165, 1.54) is 231 Å². The first-order chi connectivity index (χ1) is 31.5. The number of rotatable bonds is 53. The number of hydrogen-bond donors (Lipinski definition) is 3. The molecule has 378 valence electrons. The van der Waals surface area contributed by atoms with Crippen LogP contribution in [0.1, 0.15) is 309 Å². The third-order valence-corrected chi connectivity index (χ3v) is 13.2. The molecule has 64 heavy (non-hydrogen) atoms. The van der Waals surface area contributed by atoms with E-state index < -0.39 is 12.1 Å². The van der Waals surface area contributed by atoms with Crippen molar-refractivity contribution in [2.24, 2.45) is 0 Å². The van der Waals surface area contributed by atoms with Crippen LogP contribution >= 0.6 is 0 Å². The molecule has 3 N–H and O–H groups in total. The van der Waals surface area contributed by atoms with Crippen LogP contribution in [0.5, 0.6) is 0 Å². The molecular formula is C58H111NO5. The summed E-state index contributed by atoms with van der Waals surface area (Å²) in [4.78, 5) is 24.4. The summed E-state index contributed by atoms with van der Waals surface area (Å²) in [6, 6.07) is -0.540. The van der Waals surface area contributed by atoms with Crippen LogP contribution in [0.4, 0.5) is 0 Å². The number of hydrogen-bond acceptors (Lipinski definition) is 5. The lowest BCUT2D eigenvalue weighted by atomic mass is 10.0. The van der Waals surface area contributed by atoms with Crippen molar-refractivity contribution in [2.45, 2.75) is 321 Å². The van der Waals surface area contributed by atoms with Crippen molar-refractivity contribution in [1.82, 2.24) is 5.32 Å². The van der Waals surface area contributed by atoms with Crippen LogP contribution in [0.3, 0.4) is 0 Å². The molecule has 0 aliphatic rings. The van der Waals surface area contributed by atoms with Crippen LogP contribution in [0, 0.1) is 0 Å². The number of unbranched alkanes of at least 4 members (excludes halogenated alkanes) is 38. The van der Waals surface area contributed by atoms with Gasteiger partial charge in [-0.1, -0.05) is 250 Å². The zero-order valence-corrected chi connectivity index (χ0v) is 43.0. The third kappa shape index (κ3) is 49.8. The normalized spacial score (nSPS) is 12.8. The monoisotopic (exact) mass is 902 g/mol. The molecule has 6 nitrogen and oxygen atoms in total. The van der Waals surface area contributed by atoms with Gasteiger partial charge in [0, 0.05) is 12.8 Å². The second-order valence-corrected chi connectivity index (χ2v) is 19.6. The third-order valence-electron chi connectivity index (χ3n) is 13.2. The van der Waals surface area contributed by atoms with E-state index in [9.17, 15) is 19.8 Å². The molecule has 0 radical (unpaired) electrons. The Morgan fingerprint density at radius 1 is 0.422 bits per heavy atom. The highest BCUT2D eigenvalue weighted by Crippen LogP contribution is 2.17. The van der Waals surface area contributed by atoms with Crippen molar-refractivity contribution >= 4 is 11.9 Å². The number of nitrogens with one attached hydrogen (secondary N) is 1. The molecule has 1 amide bonds. The Balaban J connectivity index is 3.37. The van der Waals surface area contributed by atoms with Crippen molar-refractivity contribution in [3.05, 3.63) is 24.3 Å². The SMILES string of the molecule is CCCC/C=C\CCCCCCCC(=O)OCCCCCCCCCCCCCC/C=C\CCCCCCCCCCCCC(=O)NC(CO)C(O)CCCCCCCCCCCC. The summed E-state index contributed by atoms with van der Waals surface area (Å²) in [6.07, 6.45) is 64.7. The van der Waals surface area contributed by atoms with E-state index in [2.05, 4.69) is 43.5 Å². The molecule has 6 heteroatoms. The van der Waals surface area contributed by atoms with Crippen LogP contribution in [0.15, 0.2) is 24.3 Å². The van der Waals surface area contributed by atoms with Crippen LogP contribution < -0.4 is 5.32 Å². The summed E-state index contributed by atoms with van der Waals surface area (Å²) in [7, 11) is 0. The average molecular weight is 903 g/mol. The standard InChI is InChI=1S/C58H111NO5/c1-3-5-7-9-11-13-31-36-40-44-48-52-58(63)64-53-49-45-41-37-33-30-28-26-24-22-20-18-16-15-17-19-21-23-25-27-29-32-35-39-43-47-51-57(62)59-55(54-60)56(61)50-46-42-38-34-14-12-10-8-6-4-2/h9,11,15,17,55-56,60-61H,3-8,10,12-14,16,18-54H2,1-2H3,(H,59,62)/b11-9-,17-15-. The fraction of sp³-hybridized carbons (Fsp3) is 0.897. The number of carbonyl (C=O) groups is 2. The van der Waals surface area contributed by atoms with Gasteiger partial charge < -0.3 is 20.3 Å². The van der Waals surface area contributed by atoms with Gasteiger partial charge in [-0.25, -0.2) is 0 Å². The van der Waals surface area contributed by atoms with Crippen LogP contribution in [-0.2, 0) is 14.3 Å². The maximum Gasteiger partial charge on any atom is 0.305 e. The van der Waals surface area contributed by atoms with E-state index in [-0.39, 0.29) is 18.5 Å². The van der Waals surface area contributed by atoms with Gasteiger partial charge in [0.1, 0.15) is 0 Å². The van der Waals surface area contributed by atoms with Crippen molar-refractivity contribution in [3.63, 3.8) is 0 Å². The van der Waals surface area contributed by atoms with E-state index in [0.717, 1.165) is 44.9 Å². The molecule has 0 bridgehead atoms. The first kappa shape index (κ1) is 62.3. The van der Waals surface area contributed by atoms with Crippen molar-refractivity contribution < 1.29 is 24.5 Å². The minimum absolute atomic E-state index is 0.00301. The number of esters is 1. The Labute approximate surface area is 399 Å². The van der Waals surface area contributed by atoms with Crippen molar-refractivity contribution in [2.75, 3.05) is 13.2 Å². The highest BCUT2D eigenvalue weighted by Gasteiger charge is 2.20. The van der Waals surface area contributed by atoms with Crippen LogP contribution in [0.2, 0.25) is 0 Å². The number of aliphatic hydroxyl groups excluding tert-OH is 2. The quantitative estimate of drug-likeness (QED) is 0.0321. The van der Waals surface area contributed by atoms with Crippen molar-refractivity contribution in [3.8, 4) is 0 Å². The summed E-state index contributed by atoms with van der Waals surface area (Å²) in [6.45, 7) is 4.90. The Bertz CT molecular complexity index is 997. The fourth-order valence-corrected chi connectivity index (χ4v) is 8.79. The van der Waals surface area contributed by atoms with E-state index in [1.54, 1.807) is 0 Å². The van der Waals surface area contributed by atoms with E-state index in [1.807, 2.05) is 0 Å². The van der Waals surface area contributed by atoms with Gasteiger partial charge in [0.05, 0.1) is 25.4 Å². The summed E-state index contributed by atoms with van der Waals surface area (Å²) in [5.74, 6) is -0.0351. The summed E-state index contributed by atoms with van der Waals surface area (Å²) in [5, 5.41) is 23.1. The van der Waals surface area contributed by atoms with Gasteiger partial charge in [0.15, 0.2) is 0 Å². The molecule has 0 saturated heterocycles. The topological polar surface area (TPSA) is 95.9 Å². The largest absolute Gasteiger partial charge is 0.466 e. The predicted octanol–water partition coefficient (Wildman–Crippen LogP) is 17.5.